The molecule has 1 aliphatic rings. The van der Waals surface area contributed by atoms with E-state index in [4.69, 9.17) is 0 Å². The average molecular weight is 559 g/mol. The number of carboxylic acids is 1. The van der Waals surface area contributed by atoms with Gasteiger partial charge in [-0.15, -0.1) is 0 Å². The van der Waals surface area contributed by atoms with Gasteiger partial charge in [-0.1, -0.05) is 39.2 Å². The number of nitrogens with one attached hydrogen (secondary N) is 2. The molecule has 0 saturated heterocycles. The Balaban J connectivity index is 1.54. The monoisotopic (exact) mass is 558 g/mol. The summed E-state index contributed by atoms with van der Waals surface area (Å²) in [6.07, 6.45) is 8.85. The number of rotatable bonds is 8. The third-order valence-corrected chi connectivity index (χ3v) is 7.46. The topological polar surface area (TPSA) is 112 Å². The van der Waals surface area contributed by atoms with Crippen LogP contribution in [0.15, 0.2) is 55.0 Å². The van der Waals surface area contributed by atoms with Gasteiger partial charge in [0.05, 0.1) is 35.1 Å². The molecule has 5 rings (SSSR count). The maximum Gasteiger partial charge on any atom is 0.336 e. The molecule has 9 nitrogen and oxygen atoms in total. The van der Waals surface area contributed by atoms with Gasteiger partial charge >= 0.3 is 12.0 Å². The maximum atomic E-state index is 14.3. The van der Waals surface area contributed by atoms with Crippen molar-refractivity contribution >= 4 is 40.2 Å². The number of imidazole rings is 1. The molecule has 0 bridgehead atoms. The van der Waals surface area contributed by atoms with Crippen LogP contribution in [0.4, 0.5) is 26.2 Å². The van der Waals surface area contributed by atoms with Gasteiger partial charge < -0.3 is 25.2 Å². The fourth-order valence-electron chi connectivity index (χ4n) is 5.60. The van der Waals surface area contributed by atoms with E-state index in [1.165, 1.54) is 18.6 Å². The van der Waals surface area contributed by atoms with E-state index >= 15 is 0 Å². The number of pyridine rings is 1. The number of anilines is 3. The van der Waals surface area contributed by atoms with Crippen LogP contribution in [0.1, 0.15) is 56.3 Å². The van der Waals surface area contributed by atoms with Gasteiger partial charge in [-0.05, 0) is 66.3 Å². The third-order valence-electron chi connectivity index (χ3n) is 7.46. The highest BCUT2D eigenvalue weighted by Crippen LogP contribution is 2.37. The van der Waals surface area contributed by atoms with Crippen molar-refractivity contribution in [2.75, 3.05) is 22.1 Å². The van der Waals surface area contributed by atoms with Crippen LogP contribution in [-0.4, -0.2) is 44.2 Å². The number of urea groups is 1. The van der Waals surface area contributed by atoms with E-state index in [2.05, 4.69) is 39.3 Å². The Morgan fingerprint density at radius 1 is 1.07 bits per heavy atom. The van der Waals surface area contributed by atoms with Gasteiger partial charge in [0.2, 0.25) is 0 Å². The fourth-order valence-corrected chi connectivity index (χ4v) is 5.60. The normalized spacial score (nSPS) is 13.9. The van der Waals surface area contributed by atoms with Crippen LogP contribution >= 0.6 is 0 Å². The summed E-state index contributed by atoms with van der Waals surface area (Å²) in [6, 6.07) is 10.6. The van der Waals surface area contributed by atoms with Gasteiger partial charge in [0, 0.05) is 19.6 Å². The first-order valence-corrected chi connectivity index (χ1v) is 14.0. The quantitative estimate of drug-likeness (QED) is 0.217. The van der Waals surface area contributed by atoms with Crippen LogP contribution in [0, 0.1) is 11.7 Å². The smallest absolute Gasteiger partial charge is 0.336 e. The second kappa shape index (κ2) is 12.0. The first-order valence-electron chi connectivity index (χ1n) is 14.0. The van der Waals surface area contributed by atoms with Crippen molar-refractivity contribution in [3.05, 3.63) is 66.4 Å². The van der Waals surface area contributed by atoms with Crippen molar-refractivity contribution < 1.29 is 19.1 Å². The molecular weight excluding hydrogens is 523 g/mol. The minimum Gasteiger partial charge on any atom is -0.478 e. The van der Waals surface area contributed by atoms with Crippen LogP contribution < -0.4 is 15.5 Å². The number of aromatic nitrogens is 3. The summed E-state index contributed by atoms with van der Waals surface area (Å²) in [7, 11) is 1.85. The number of aromatic carboxylic acids is 1. The Hall–Kier alpha value is -4.47. The summed E-state index contributed by atoms with van der Waals surface area (Å²) in [5.74, 6) is -1.32. The largest absolute Gasteiger partial charge is 0.478 e. The molecule has 214 valence electrons. The lowest BCUT2D eigenvalue weighted by Crippen LogP contribution is -2.40. The predicted octanol–water partition coefficient (Wildman–Crippen LogP) is 6.91. The molecule has 2 amide bonds. The second-order valence-electron chi connectivity index (χ2n) is 11.1. The lowest BCUT2D eigenvalue weighted by Gasteiger charge is -2.38. The van der Waals surface area contributed by atoms with Crippen molar-refractivity contribution in [3.8, 4) is 11.1 Å². The molecule has 10 heteroatoms. The Labute approximate surface area is 238 Å². The van der Waals surface area contributed by atoms with E-state index < -0.39 is 17.8 Å². The number of halogens is 1. The minimum absolute atomic E-state index is 0.0180. The summed E-state index contributed by atoms with van der Waals surface area (Å²) in [5, 5.41) is 15.6. The van der Waals surface area contributed by atoms with Gasteiger partial charge in [-0.2, -0.15) is 0 Å². The average Bonchev–Trinajstić information content (AvgIpc) is 3.31. The van der Waals surface area contributed by atoms with Crippen LogP contribution in [0.25, 0.3) is 22.3 Å². The first-order chi connectivity index (χ1) is 19.7. The van der Waals surface area contributed by atoms with Crippen LogP contribution in [-0.2, 0) is 7.05 Å². The van der Waals surface area contributed by atoms with Crippen molar-refractivity contribution in [2.24, 2.45) is 13.0 Å². The number of nitrogens with zero attached hydrogens (tertiary/aromatic N) is 4. The number of fused-ring (bicyclic) bond motifs is 1. The number of hydrogen-bond acceptors (Lipinski definition) is 5. The summed E-state index contributed by atoms with van der Waals surface area (Å²) in [5.41, 5.74) is 3.91. The molecule has 41 heavy (non-hydrogen) atoms. The summed E-state index contributed by atoms with van der Waals surface area (Å²) in [6.45, 7) is 5.12. The van der Waals surface area contributed by atoms with Gasteiger partial charge in [-0.25, -0.2) is 23.9 Å². The minimum atomic E-state index is -1.16. The van der Waals surface area contributed by atoms with Crippen LogP contribution in [0.2, 0.25) is 0 Å². The number of carbonyl (C=O) groups excluding carboxylic acids is 1. The van der Waals surface area contributed by atoms with Gasteiger partial charge in [-0.3, -0.25) is 0 Å². The zero-order valence-corrected chi connectivity index (χ0v) is 23.5. The standard InChI is InChI=1S/C31H35FN6O3/c1-19(2)17-38(23-7-5-4-6-8-23)28-12-9-20(25-14-21(32)10-11-24(25)30(39)40)13-26(28)36-31(41)35-22-15-27-29(33-16-22)37(3)18-34-27/h9-16,18-19,23H,4-8,17H2,1-3H3,(H,39,40)(H2,35,36,41). The molecule has 2 heterocycles. The first kappa shape index (κ1) is 28.1. The van der Waals surface area contributed by atoms with E-state index in [1.54, 1.807) is 35.3 Å². The number of aryl methyl sites for hydroxylation is 1. The van der Waals surface area contributed by atoms with Crippen LogP contribution in [0.3, 0.4) is 0 Å². The summed E-state index contributed by atoms with van der Waals surface area (Å²) < 4.78 is 16.1. The molecule has 0 unspecified atom stereocenters. The molecule has 2 aromatic carbocycles. The van der Waals surface area contributed by atoms with E-state index in [1.807, 2.05) is 13.1 Å². The SMILES string of the molecule is CC(C)CN(c1ccc(-c2cc(F)ccc2C(=O)O)cc1NC(=O)Nc1cnc2c(c1)ncn2C)C1CCCCC1. The Morgan fingerprint density at radius 3 is 2.59 bits per heavy atom. The molecule has 1 fully saturated rings. The highest BCUT2D eigenvalue weighted by Gasteiger charge is 2.25. The number of carboxylic acid groups (broad SMARTS) is 1. The molecule has 3 N–H and O–H groups in total. The Kier molecular flexibility index (Phi) is 8.19. The molecule has 4 aromatic rings. The highest BCUT2D eigenvalue weighted by atomic mass is 19.1. The van der Waals surface area contributed by atoms with Crippen molar-refractivity contribution in [2.45, 2.75) is 52.0 Å². The number of hydrogen-bond donors (Lipinski definition) is 3. The molecular formula is C31H35FN6O3. The van der Waals surface area contributed by atoms with E-state index in [0.29, 0.717) is 40.1 Å². The highest BCUT2D eigenvalue weighted by molar-refractivity contribution is 6.03. The Bertz CT molecular complexity index is 1580. The number of amides is 2. The van der Waals surface area contributed by atoms with Crippen molar-refractivity contribution in [1.29, 1.82) is 0 Å². The molecule has 1 aliphatic carbocycles. The molecule has 0 spiro atoms. The van der Waals surface area contributed by atoms with Gasteiger partial charge in [0.1, 0.15) is 11.3 Å². The fraction of sp³-hybridized carbons (Fsp3) is 0.355. The summed E-state index contributed by atoms with van der Waals surface area (Å²) in [4.78, 5) is 36.3. The number of carbonyl (C=O) groups is 2. The number of benzene rings is 2. The zero-order chi connectivity index (χ0) is 29.1. The van der Waals surface area contributed by atoms with Gasteiger partial charge in [0.25, 0.3) is 0 Å². The molecule has 2 aromatic heterocycles. The van der Waals surface area contributed by atoms with E-state index in [9.17, 15) is 19.1 Å². The Morgan fingerprint density at radius 2 is 1.85 bits per heavy atom. The summed E-state index contributed by atoms with van der Waals surface area (Å²) >= 11 is 0. The van der Waals surface area contributed by atoms with Crippen molar-refractivity contribution in [1.82, 2.24) is 14.5 Å². The lowest BCUT2D eigenvalue weighted by atomic mass is 9.92. The van der Waals surface area contributed by atoms with Crippen LogP contribution in [0.5, 0.6) is 0 Å². The molecule has 0 aliphatic heterocycles. The maximum absolute atomic E-state index is 14.3. The molecule has 1 saturated carbocycles. The third kappa shape index (κ3) is 6.32. The molecule has 0 atom stereocenters. The van der Waals surface area contributed by atoms with E-state index in [-0.39, 0.29) is 11.1 Å². The molecule has 0 radical (unpaired) electrons. The lowest BCUT2D eigenvalue weighted by molar-refractivity contribution is 0.0697. The van der Waals surface area contributed by atoms with Crippen molar-refractivity contribution in [3.63, 3.8) is 0 Å². The second-order valence-corrected chi connectivity index (χ2v) is 11.1. The van der Waals surface area contributed by atoms with Gasteiger partial charge in [0.15, 0.2) is 5.65 Å². The zero-order valence-electron chi connectivity index (χ0n) is 23.5. The predicted molar refractivity (Wildman–Crippen MR) is 159 cm³/mol. The van der Waals surface area contributed by atoms with E-state index in [0.717, 1.165) is 44.0 Å².